The van der Waals surface area contributed by atoms with Gasteiger partial charge in [0, 0.05) is 18.0 Å². The van der Waals surface area contributed by atoms with Crippen molar-refractivity contribution in [2.75, 3.05) is 19.0 Å². The minimum absolute atomic E-state index is 0.196. The minimum Gasteiger partial charge on any atom is -0.492 e. The number of hydrogen-bond acceptors (Lipinski definition) is 2. The summed E-state index contributed by atoms with van der Waals surface area (Å²) in [5.74, 6) is 1.64. The third kappa shape index (κ3) is 2.89. The summed E-state index contributed by atoms with van der Waals surface area (Å²) in [4.78, 5) is 0. The summed E-state index contributed by atoms with van der Waals surface area (Å²) in [6.45, 7) is 1.56. The van der Waals surface area contributed by atoms with Crippen LogP contribution in [0.4, 0.5) is 0 Å². The molecule has 0 saturated heterocycles. The minimum atomic E-state index is 0.196. The van der Waals surface area contributed by atoms with Gasteiger partial charge >= 0.3 is 0 Å². The van der Waals surface area contributed by atoms with Crippen LogP contribution in [0.5, 0.6) is 5.75 Å². The van der Waals surface area contributed by atoms with Crippen LogP contribution in [0.3, 0.4) is 0 Å². The van der Waals surface area contributed by atoms with Gasteiger partial charge in [-0.25, -0.2) is 0 Å². The molecular weight excluding hydrogens is 222 g/mol. The molecule has 0 aliphatic heterocycles. The van der Waals surface area contributed by atoms with E-state index >= 15 is 0 Å². The number of rotatable bonds is 6. The lowest BCUT2D eigenvalue weighted by atomic mass is 9.78. The summed E-state index contributed by atoms with van der Waals surface area (Å²) in [5.41, 5.74) is 0.196. The fourth-order valence-electron chi connectivity index (χ4n) is 1.96. The van der Waals surface area contributed by atoms with Crippen LogP contribution in [0.2, 0.25) is 0 Å². The van der Waals surface area contributed by atoms with Crippen molar-refractivity contribution in [1.82, 2.24) is 5.32 Å². The zero-order chi connectivity index (χ0) is 11.3. The highest BCUT2D eigenvalue weighted by molar-refractivity contribution is 6.18. The van der Waals surface area contributed by atoms with E-state index in [4.69, 9.17) is 16.3 Å². The molecule has 0 aromatic heterocycles. The Kier molecular flexibility index (Phi) is 4.08. The molecule has 0 spiro atoms. The van der Waals surface area contributed by atoms with Crippen molar-refractivity contribution in [2.45, 2.75) is 24.8 Å². The van der Waals surface area contributed by atoms with Crippen LogP contribution in [0.25, 0.3) is 0 Å². The van der Waals surface area contributed by atoms with Crippen LogP contribution in [-0.2, 0) is 0 Å². The monoisotopic (exact) mass is 239 g/mol. The van der Waals surface area contributed by atoms with E-state index in [1.54, 1.807) is 0 Å². The molecule has 1 aliphatic carbocycles. The van der Waals surface area contributed by atoms with Crippen molar-refractivity contribution in [3.8, 4) is 5.75 Å². The summed E-state index contributed by atoms with van der Waals surface area (Å²) >= 11 is 5.95. The molecule has 1 saturated carbocycles. The Morgan fingerprint density at radius 1 is 1.25 bits per heavy atom. The van der Waals surface area contributed by atoms with Crippen LogP contribution >= 0.6 is 11.6 Å². The Bertz CT molecular complexity index is 305. The number of alkyl halides is 1. The zero-order valence-electron chi connectivity index (χ0n) is 9.42. The molecule has 88 valence electrons. The number of para-hydroxylation sites is 1. The molecule has 1 aromatic carbocycles. The Balaban J connectivity index is 1.65. The van der Waals surface area contributed by atoms with E-state index in [0.29, 0.717) is 12.5 Å². The highest BCUT2D eigenvalue weighted by Gasteiger charge is 2.35. The van der Waals surface area contributed by atoms with Gasteiger partial charge in [0.05, 0.1) is 0 Å². The molecule has 0 atom stereocenters. The molecule has 1 aromatic rings. The van der Waals surface area contributed by atoms with Crippen LogP contribution in [0, 0.1) is 0 Å². The van der Waals surface area contributed by atoms with Gasteiger partial charge in [0.15, 0.2) is 0 Å². The maximum Gasteiger partial charge on any atom is 0.119 e. The molecular formula is C13H18ClNO. The second-order valence-electron chi connectivity index (χ2n) is 4.36. The third-order valence-electron chi connectivity index (χ3n) is 3.18. The average Bonchev–Trinajstić information content (AvgIpc) is 2.29. The Labute approximate surface area is 102 Å². The molecule has 16 heavy (non-hydrogen) atoms. The Morgan fingerprint density at radius 2 is 2.00 bits per heavy atom. The van der Waals surface area contributed by atoms with E-state index < -0.39 is 0 Å². The summed E-state index contributed by atoms with van der Waals surface area (Å²) in [6, 6.07) is 9.90. The van der Waals surface area contributed by atoms with E-state index in [1.165, 1.54) is 19.3 Å². The van der Waals surface area contributed by atoms with E-state index in [0.717, 1.165) is 12.3 Å². The van der Waals surface area contributed by atoms with Crippen molar-refractivity contribution in [1.29, 1.82) is 0 Å². The summed E-state index contributed by atoms with van der Waals surface area (Å²) < 4.78 is 5.61. The lowest BCUT2D eigenvalue weighted by molar-refractivity contribution is 0.195. The van der Waals surface area contributed by atoms with Gasteiger partial charge in [0.25, 0.3) is 0 Å². The molecule has 0 heterocycles. The molecule has 0 amide bonds. The van der Waals surface area contributed by atoms with Gasteiger partial charge in [-0.1, -0.05) is 18.2 Å². The molecule has 1 fully saturated rings. The Hall–Kier alpha value is -0.730. The maximum atomic E-state index is 5.95. The second-order valence-corrected chi connectivity index (χ2v) is 4.62. The van der Waals surface area contributed by atoms with Crippen molar-refractivity contribution >= 4 is 11.6 Å². The first-order chi connectivity index (χ1) is 7.85. The number of ether oxygens (including phenoxy) is 1. The van der Waals surface area contributed by atoms with Crippen LogP contribution in [0.1, 0.15) is 19.3 Å². The van der Waals surface area contributed by atoms with Crippen LogP contribution in [0.15, 0.2) is 30.3 Å². The third-order valence-corrected chi connectivity index (χ3v) is 3.69. The fraction of sp³-hybridized carbons (Fsp3) is 0.538. The predicted molar refractivity (Wildman–Crippen MR) is 67.2 cm³/mol. The molecule has 2 nitrogen and oxygen atoms in total. The van der Waals surface area contributed by atoms with E-state index in [9.17, 15) is 0 Å². The fourth-order valence-corrected chi connectivity index (χ4v) is 2.32. The van der Waals surface area contributed by atoms with Crippen molar-refractivity contribution in [3.05, 3.63) is 30.3 Å². The van der Waals surface area contributed by atoms with Gasteiger partial charge in [0.1, 0.15) is 12.4 Å². The topological polar surface area (TPSA) is 21.3 Å². The van der Waals surface area contributed by atoms with Gasteiger partial charge in [-0.2, -0.15) is 0 Å². The van der Waals surface area contributed by atoms with Gasteiger partial charge in [-0.3, -0.25) is 0 Å². The molecule has 1 aliphatic rings. The van der Waals surface area contributed by atoms with Crippen LogP contribution in [-0.4, -0.2) is 24.6 Å². The first-order valence-corrected chi connectivity index (χ1v) is 6.37. The standard InChI is InChI=1S/C13H18ClNO/c14-11-13(7-4-8-13)15-9-10-16-12-5-2-1-3-6-12/h1-3,5-6,15H,4,7-11H2. The predicted octanol–water partition coefficient (Wildman–Crippen LogP) is 2.82. The summed E-state index contributed by atoms with van der Waals surface area (Å²) in [7, 11) is 0. The van der Waals surface area contributed by atoms with Crippen molar-refractivity contribution in [2.24, 2.45) is 0 Å². The van der Waals surface area contributed by atoms with E-state index in [2.05, 4.69) is 5.32 Å². The molecule has 0 bridgehead atoms. The van der Waals surface area contributed by atoms with Gasteiger partial charge < -0.3 is 10.1 Å². The SMILES string of the molecule is ClCC1(NCCOc2ccccc2)CCC1. The van der Waals surface area contributed by atoms with Crippen LogP contribution < -0.4 is 10.1 Å². The van der Waals surface area contributed by atoms with Gasteiger partial charge in [0.2, 0.25) is 0 Å². The highest BCUT2D eigenvalue weighted by Crippen LogP contribution is 2.32. The lowest BCUT2D eigenvalue weighted by Crippen LogP contribution is -2.53. The average molecular weight is 240 g/mol. The maximum absolute atomic E-state index is 5.95. The van der Waals surface area contributed by atoms with E-state index in [1.807, 2.05) is 30.3 Å². The number of halogens is 1. The molecule has 0 radical (unpaired) electrons. The smallest absolute Gasteiger partial charge is 0.119 e. The largest absolute Gasteiger partial charge is 0.492 e. The van der Waals surface area contributed by atoms with Crippen molar-refractivity contribution in [3.63, 3.8) is 0 Å². The number of hydrogen-bond donors (Lipinski definition) is 1. The van der Waals surface area contributed by atoms with Gasteiger partial charge in [-0.05, 0) is 31.4 Å². The molecule has 3 heteroatoms. The van der Waals surface area contributed by atoms with Crippen molar-refractivity contribution < 1.29 is 4.74 Å². The summed E-state index contributed by atoms with van der Waals surface area (Å²) in [6.07, 6.45) is 3.68. The normalized spacial score (nSPS) is 17.8. The Morgan fingerprint density at radius 3 is 2.56 bits per heavy atom. The molecule has 2 rings (SSSR count). The second kappa shape index (κ2) is 5.55. The summed E-state index contributed by atoms with van der Waals surface area (Å²) in [5, 5.41) is 3.50. The first kappa shape index (κ1) is 11.7. The number of benzene rings is 1. The molecule has 0 unspecified atom stereocenters. The quantitative estimate of drug-likeness (QED) is 0.609. The molecule has 1 N–H and O–H groups in total. The first-order valence-electron chi connectivity index (χ1n) is 5.83. The lowest BCUT2D eigenvalue weighted by Gasteiger charge is -2.41. The number of nitrogens with one attached hydrogen (secondary N) is 1. The zero-order valence-corrected chi connectivity index (χ0v) is 10.2. The van der Waals surface area contributed by atoms with Gasteiger partial charge in [-0.15, -0.1) is 11.6 Å². The van der Waals surface area contributed by atoms with E-state index in [-0.39, 0.29) is 5.54 Å². The highest BCUT2D eigenvalue weighted by atomic mass is 35.5.